The Morgan fingerprint density at radius 2 is 1.81 bits per heavy atom. The number of methoxy groups -OCH3 is 1. The first-order chi connectivity index (χ1) is 22.8. The van der Waals surface area contributed by atoms with Crippen molar-refractivity contribution in [3.8, 4) is 23.1 Å². The second-order valence-corrected chi connectivity index (χ2v) is 13.0. The molecular weight excluding hydrogens is 646 g/mol. The average Bonchev–Trinajstić information content (AvgIpc) is 3.47. The van der Waals surface area contributed by atoms with Crippen molar-refractivity contribution in [3.63, 3.8) is 0 Å². The molecule has 3 aromatic heterocycles. The minimum atomic E-state index is -3.54. The van der Waals surface area contributed by atoms with E-state index in [1.165, 1.54) is 16.4 Å². The van der Waals surface area contributed by atoms with Gasteiger partial charge in [0.15, 0.2) is 5.82 Å². The number of aromatic nitrogens is 4. The van der Waals surface area contributed by atoms with Crippen LogP contribution in [0, 0.1) is 0 Å². The fraction of sp³-hybridized carbons (Fsp3) is 0.281. The van der Waals surface area contributed by atoms with Gasteiger partial charge in [0.2, 0.25) is 21.9 Å². The van der Waals surface area contributed by atoms with Crippen LogP contribution in [0.15, 0.2) is 73.2 Å². The fourth-order valence-corrected chi connectivity index (χ4v) is 6.14. The predicted octanol–water partition coefficient (Wildman–Crippen LogP) is 5.68. The van der Waals surface area contributed by atoms with Gasteiger partial charge in [0.25, 0.3) is 0 Å². The maximum atomic E-state index is 12.7. The molecule has 13 nitrogen and oxygen atoms in total. The SMILES string of the molecule is CCS(=O)(=O)n1cc(Nc2nc(Nc3ccc(Oc4ccnc(OCCN5CCOCC5)c4)cc3OC)ncc2Cl)c2ccccc21. The van der Waals surface area contributed by atoms with Crippen LogP contribution in [0.4, 0.5) is 23.1 Å². The van der Waals surface area contributed by atoms with Gasteiger partial charge in [-0.15, -0.1) is 0 Å². The van der Waals surface area contributed by atoms with Crippen molar-refractivity contribution in [2.75, 3.05) is 63.0 Å². The summed E-state index contributed by atoms with van der Waals surface area (Å²) < 4.78 is 49.7. The summed E-state index contributed by atoms with van der Waals surface area (Å²) in [5, 5.41) is 7.29. The minimum Gasteiger partial charge on any atom is -0.494 e. The maximum absolute atomic E-state index is 12.7. The highest BCUT2D eigenvalue weighted by Crippen LogP contribution is 2.35. The van der Waals surface area contributed by atoms with Crippen molar-refractivity contribution < 1.29 is 27.4 Å². The van der Waals surface area contributed by atoms with Gasteiger partial charge in [0, 0.05) is 49.5 Å². The average molecular weight is 680 g/mol. The molecule has 0 unspecified atom stereocenters. The molecule has 15 heteroatoms. The summed E-state index contributed by atoms with van der Waals surface area (Å²) in [5.41, 5.74) is 1.66. The molecule has 0 aliphatic carbocycles. The van der Waals surface area contributed by atoms with E-state index in [0.29, 0.717) is 57.8 Å². The highest BCUT2D eigenvalue weighted by molar-refractivity contribution is 7.90. The molecule has 0 radical (unpaired) electrons. The van der Waals surface area contributed by atoms with Crippen LogP contribution in [0.25, 0.3) is 10.9 Å². The predicted molar refractivity (Wildman–Crippen MR) is 180 cm³/mol. The van der Waals surface area contributed by atoms with Crippen molar-refractivity contribution in [1.29, 1.82) is 0 Å². The van der Waals surface area contributed by atoms with E-state index in [4.69, 9.17) is 30.5 Å². The quantitative estimate of drug-likeness (QED) is 0.158. The summed E-state index contributed by atoms with van der Waals surface area (Å²) in [6, 6.07) is 16.0. The standard InChI is InChI=1S/C32H34ClN7O6S/c1-3-47(41,42)40-21-27(24-6-4-5-7-28(24)40)36-31-25(33)20-35-32(38-31)37-26-9-8-22(18-29(26)43-2)46-23-10-11-34-30(19-23)45-17-14-39-12-15-44-16-13-39/h4-11,18-21H,3,12-17H2,1-2H3,(H2,35,36,37,38). The summed E-state index contributed by atoms with van der Waals surface area (Å²) in [6.07, 6.45) is 4.62. The number of nitrogens with one attached hydrogen (secondary N) is 2. The van der Waals surface area contributed by atoms with Crippen LogP contribution in [-0.2, 0) is 14.8 Å². The molecule has 1 saturated heterocycles. The van der Waals surface area contributed by atoms with Gasteiger partial charge in [-0.25, -0.2) is 22.4 Å². The number of morpholine rings is 1. The lowest BCUT2D eigenvalue weighted by Gasteiger charge is -2.26. The lowest BCUT2D eigenvalue weighted by Crippen LogP contribution is -2.38. The van der Waals surface area contributed by atoms with Gasteiger partial charge in [-0.05, 0) is 31.2 Å². The molecule has 246 valence electrons. The number of fused-ring (bicyclic) bond motifs is 1. The van der Waals surface area contributed by atoms with Gasteiger partial charge in [-0.3, -0.25) is 4.90 Å². The minimum absolute atomic E-state index is 0.0488. The Bertz CT molecular complexity index is 1970. The van der Waals surface area contributed by atoms with Crippen LogP contribution in [0.2, 0.25) is 5.02 Å². The number of rotatable bonds is 13. The smallest absolute Gasteiger partial charge is 0.238 e. The molecule has 47 heavy (non-hydrogen) atoms. The highest BCUT2D eigenvalue weighted by Gasteiger charge is 2.19. The van der Waals surface area contributed by atoms with Crippen LogP contribution in [-0.4, -0.2) is 84.6 Å². The molecule has 0 amide bonds. The van der Waals surface area contributed by atoms with Crippen molar-refractivity contribution in [3.05, 3.63) is 78.2 Å². The first kappa shape index (κ1) is 32.3. The van der Waals surface area contributed by atoms with E-state index >= 15 is 0 Å². The maximum Gasteiger partial charge on any atom is 0.238 e. The number of nitrogens with zero attached hydrogens (tertiary/aromatic N) is 5. The van der Waals surface area contributed by atoms with Gasteiger partial charge in [-0.1, -0.05) is 29.8 Å². The Morgan fingerprint density at radius 3 is 2.62 bits per heavy atom. The third-order valence-corrected chi connectivity index (χ3v) is 9.37. The molecule has 6 rings (SSSR count). The number of halogens is 1. The van der Waals surface area contributed by atoms with E-state index in [1.54, 1.807) is 62.7 Å². The van der Waals surface area contributed by atoms with Gasteiger partial charge < -0.3 is 29.6 Å². The Labute approximate surface area is 277 Å². The number of anilines is 4. The second-order valence-electron chi connectivity index (χ2n) is 10.5. The van der Waals surface area contributed by atoms with Crippen LogP contribution >= 0.6 is 11.6 Å². The zero-order valence-corrected chi connectivity index (χ0v) is 27.4. The lowest BCUT2D eigenvalue weighted by atomic mass is 10.2. The van der Waals surface area contributed by atoms with E-state index in [0.717, 1.165) is 32.8 Å². The number of pyridine rings is 1. The molecule has 5 aromatic rings. The number of hydrogen-bond acceptors (Lipinski definition) is 12. The molecular formula is C32H34ClN7O6S. The molecule has 0 bridgehead atoms. The monoisotopic (exact) mass is 679 g/mol. The van der Waals surface area contributed by atoms with E-state index in [9.17, 15) is 8.42 Å². The van der Waals surface area contributed by atoms with Gasteiger partial charge in [-0.2, -0.15) is 4.98 Å². The highest BCUT2D eigenvalue weighted by atomic mass is 35.5. The first-order valence-electron chi connectivity index (χ1n) is 15.0. The van der Waals surface area contributed by atoms with Gasteiger partial charge >= 0.3 is 0 Å². The van der Waals surface area contributed by atoms with E-state index < -0.39 is 10.0 Å². The van der Waals surface area contributed by atoms with E-state index in [2.05, 4.69) is 30.5 Å². The summed E-state index contributed by atoms with van der Waals surface area (Å²) >= 11 is 6.45. The summed E-state index contributed by atoms with van der Waals surface area (Å²) in [7, 11) is -1.99. The Balaban J connectivity index is 1.15. The zero-order chi connectivity index (χ0) is 32.8. The van der Waals surface area contributed by atoms with Crippen LogP contribution < -0.4 is 24.8 Å². The van der Waals surface area contributed by atoms with Crippen molar-refractivity contribution in [2.45, 2.75) is 6.92 Å². The molecule has 1 fully saturated rings. The van der Waals surface area contributed by atoms with Crippen molar-refractivity contribution in [2.24, 2.45) is 0 Å². The molecule has 2 N–H and O–H groups in total. The molecule has 1 aliphatic rings. The van der Waals surface area contributed by atoms with Gasteiger partial charge in [0.1, 0.15) is 28.9 Å². The van der Waals surface area contributed by atoms with Crippen LogP contribution in [0.1, 0.15) is 6.92 Å². The van der Waals surface area contributed by atoms with Crippen LogP contribution in [0.3, 0.4) is 0 Å². The molecule has 0 saturated carbocycles. The largest absolute Gasteiger partial charge is 0.494 e. The fourth-order valence-electron chi connectivity index (χ4n) is 4.99. The zero-order valence-electron chi connectivity index (χ0n) is 25.8. The second kappa shape index (κ2) is 14.4. The van der Waals surface area contributed by atoms with Crippen molar-refractivity contribution in [1.82, 2.24) is 23.8 Å². The number of benzene rings is 2. The molecule has 1 aliphatic heterocycles. The molecule has 2 aromatic carbocycles. The molecule has 0 atom stereocenters. The van der Waals surface area contributed by atoms with Crippen LogP contribution in [0.5, 0.6) is 23.1 Å². The first-order valence-corrected chi connectivity index (χ1v) is 17.0. The normalized spacial score (nSPS) is 13.8. The lowest BCUT2D eigenvalue weighted by molar-refractivity contribution is 0.0320. The Kier molecular flexibility index (Phi) is 9.92. The summed E-state index contributed by atoms with van der Waals surface area (Å²) in [4.78, 5) is 15.4. The topological polar surface area (TPSA) is 142 Å². The number of hydrogen-bond donors (Lipinski definition) is 2. The van der Waals surface area contributed by atoms with Gasteiger partial charge in [0.05, 0.1) is 49.2 Å². The Morgan fingerprint density at radius 1 is 1.00 bits per heavy atom. The molecule has 4 heterocycles. The Hall–Kier alpha value is -4.63. The summed E-state index contributed by atoms with van der Waals surface area (Å²) in [5.74, 6) is 2.54. The third-order valence-electron chi connectivity index (χ3n) is 7.46. The van der Waals surface area contributed by atoms with E-state index in [-0.39, 0.29) is 16.7 Å². The molecule has 0 spiro atoms. The third kappa shape index (κ3) is 7.68. The van der Waals surface area contributed by atoms with Crippen molar-refractivity contribution >= 4 is 55.7 Å². The van der Waals surface area contributed by atoms with E-state index in [1.807, 2.05) is 12.1 Å². The number of para-hydroxylation sites is 1. The number of ether oxygens (including phenoxy) is 4. The summed E-state index contributed by atoms with van der Waals surface area (Å²) in [6.45, 7) is 6.19.